The van der Waals surface area contributed by atoms with Gasteiger partial charge in [-0.25, -0.2) is 4.79 Å². The number of aliphatic carboxylic acids is 1. The molecule has 1 aromatic carbocycles. The predicted octanol–water partition coefficient (Wildman–Crippen LogP) is 3.16. The predicted molar refractivity (Wildman–Crippen MR) is 84.3 cm³/mol. The number of halogens is 1. The largest absolute Gasteiger partial charge is 0.480 e. The molecule has 0 radical (unpaired) electrons. The number of aromatic amines is 1. The van der Waals surface area contributed by atoms with E-state index in [0.717, 1.165) is 15.4 Å². The number of hydrogen-bond donors (Lipinski definition) is 3. The van der Waals surface area contributed by atoms with E-state index in [4.69, 9.17) is 0 Å². The molecule has 0 saturated carbocycles. The molecule has 1 heterocycles. The van der Waals surface area contributed by atoms with Crippen molar-refractivity contribution in [1.82, 2.24) is 10.3 Å². The lowest BCUT2D eigenvalue weighted by molar-refractivity contribution is -0.140. The molecule has 0 bridgehead atoms. The van der Waals surface area contributed by atoms with Gasteiger partial charge in [-0.1, -0.05) is 36.2 Å². The molecule has 1 amide bonds. The van der Waals surface area contributed by atoms with E-state index in [1.165, 1.54) is 0 Å². The maximum Gasteiger partial charge on any atom is 0.326 e. The molecule has 21 heavy (non-hydrogen) atoms. The molecule has 112 valence electrons. The number of aromatic nitrogens is 1. The molecular formula is C15H17BrN2O3. The van der Waals surface area contributed by atoms with Gasteiger partial charge in [0.05, 0.1) is 0 Å². The molecule has 2 rings (SSSR count). The van der Waals surface area contributed by atoms with Crippen molar-refractivity contribution in [1.29, 1.82) is 0 Å². The molecule has 0 spiro atoms. The van der Waals surface area contributed by atoms with Gasteiger partial charge >= 0.3 is 5.97 Å². The van der Waals surface area contributed by atoms with E-state index in [-0.39, 0.29) is 5.92 Å². The Balaban J connectivity index is 2.23. The zero-order chi connectivity index (χ0) is 15.6. The van der Waals surface area contributed by atoms with Crippen LogP contribution in [0, 0.1) is 5.92 Å². The molecule has 0 aliphatic heterocycles. The van der Waals surface area contributed by atoms with Crippen LogP contribution in [0.4, 0.5) is 0 Å². The number of carboxylic acids is 1. The third-order valence-electron chi connectivity index (χ3n) is 3.59. The van der Waals surface area contributed by atoms with Gasteiger partial charge in [0.2, 0.25) is 0 Å². The Kier molecular flexibility index (Phi) is 4.67. The smallest absolute Gasteiger partial charge is 0.326 e. The Bertz CT molecular complexity index is 681. The topological polar surface area (TPSA) is 82.2 Å². The Morgan fingerprint density at radius 3 is 2.71 bits per heavy atom. The van der Waals surface area contributed by atoms with Crippen LogP contribution < -0.4 is 5.32 Å². The van der Waals surface area contributed by atoms with Gasteiger partial charge in [0.15, 0.2) is 0 Å². The summed E-state index contributed by atoms with van der Waals surface area (Å²) >= 11 is 3.37. The second-order valence-electron chi connectivity index (χ2n) is 5.09. The van der Waals surface area contributed by atoms with Gasteiger partial charge < -0.3 is 15.4 Å². The maximum absolute atomic E-state index is 12.2. The second kappa shape index (κ2) is 6.30. The van der Waals surface area contributed by atoms with E-state index in [1.54, 1.807) is 13.0 Å². The lowest BCUT2D eigenvalue weighted by atomic mass is 9.99. The van der Waals surface area contributed by atoms with Gasteiger partial charge in [0, 0.05) is 15.4 Å². The fraction of sp³-hybridized carbons (Fsp3) is 0.333. The second-order valence-corrected chi connectivity index (χ2v) is 6.01. The van der Waals surface area contributed by atoms with E-state index in [1.807, 2.05) is 25.1 Å². The van der Waals surface area contributed by atoms with Crippen molar-refractivity contribution in [3.63, 3.8) is 0 Å². The van der Waals surface area contributed by atoms with Crippen molar-refractivity contribution >= 4 is 38.7 Å². The van der Waals surface area contributed by atoms with Crippen molar-refractivity contribution in [2.45, 2.75) is 26.3 Å². The average molecular weight is 353 g/mol. The highest BCUT2D eigenvalue weighted by molar-refractivity contribution is 9.10. The average Bonchev–Trinajstić information content (AvgIpc) is 2.86. The van der Waals surface area contributed by atoms with E-state index >= 15 is 0 Å². The molecular weight excluding hydrogens is 336 g/mol. The zero-order valence-electron chi connectivity index (χ0n) is 11.8. The summed E-state index contributed by atoms with van der Waals surface area (Å²) in [5.74, 6) is -1.56. The molecule has 0 saturated heterocycles. The van der Waals surface area contributed by atoms with Crippen molar-refractivity contribution in [2.24, 2.45) is 5.92 Å². The van der Waals surface area contributed by atoms with Crippen molar-refractivity contribution in [3.8, 4) is 0 Å². The highest BCUT2D eigenvalue weighted by Crippen LogP contribution is 2.20. The Hall–Kier alpha value is -1.82. The van der Waals surface area contributed by atoms with E-state index in [2.05, 4.69) is 26.2 Å². The molecule has 2 atom stereocenters. The third-order valence-corrected chi connectivity index (χ3v) is 4.09. The molecule has 5 nitrogen and oxygen atoms in total. The fourth-order valence-corrected chi connectivity index (χ4v) is 2.51. The number of carboxylic acid groups (broad SMARTS) is 1. The fourth-order valence-electron chi connectivity index (χ4n) is 2.13. The Labute approximate surface area is 130 Å². The van der Waals surface area contributed by atoms with Crippen LogP contribution in [-0.4, -0.2) is 28.0 Å². The number of rotatable bonds is 5. The number of nitrogens with one attached hydrogen (secondary N) is 2. The summed E-state index contributed by atoms with van der Waals surface area (Å²) in [5.41, 5.74) is 1.19. The van der Waals surface area contributed by atoms with Crippen LogP contribution in [-0.2, 0) is 4.79 Å². The quantitative estimate of drug-likeness (QED) is 0.772. The number of carbonyl (C=O) groups excluding carboxylic acids is 1. The van der Waals surface area contributed by atoms with Crippen LogP contribution in [0.25, 0.3) is 10.9 Å². The minimum absolute atomic E-state index is 0.134. The van der Waals surface area contributed by atoms with Crippen molar-refractivity contribution in [2.75, 3.05) is 0 Å². The lowest BCUT2D eigenvalue weighted by Crippen LogP contribution is -2.45. The van der Waals surface area contributed by atoms with Gasteiger partial charge in [-0.15, -0.1) is 0 Å². The number of benzene rings is 1. The van der Waals surface area contributed by atoms with Gasteiger partial charge in [-0.3, -0.25) is 4.79 Å². The molecule has 3 N–H and O–H groups in total. The lowest BCUT2D eigenvalue weighted by Gasteiger charge is -2.19. The SMILES string of the molecule is CCC(C)C(NC(=O)c1cc2cc(Br)ccc2[nH]1)C(=O)O. The standard InChI is InChI=1S/C15H17BrN2O3/c1-3-8(2)13(15(20)21)18-14(19)12-7-9-6-10(16)4-5-11(9)17-12/h4-8,13,17H,3H2,1-2H3,(H,18,19)(H,20,21). The molecule has 0 fully saturated rings. The molecule has 0 aliphatic rings. The molecule has 2 aromatic rings. The highest BCUT2D eigenvalue weighted by atomic mass is 79.9. The van der Waals surface area contributed by atoms with Gasteiger partial charge in [0.1, 0.15) is 11.7 Å². The number of H-pyrrole nitrogens is 1. The van der Waals surface area contributed by atoms with Crippen LogP contribution in [0.1, 0.15) is 30.8 Å². The van der Waals surface area contributed by atoms with Crippen LogP contribution in [0.15, 0.2) is 28.7 Å². The van der Waals surface area contributed by atoms with Gasteiger partial charge in [-0.05, 0) is 30.2 Å². The molecule has 6 heteroatoms. The summed E-state index contributed by atoms with van der Waals surface area (Å²) < 4.78 is 0.920. The van der Waals surface area contributed by atoms with Crippen LogP contribution in [0.3, 0.4) is 0 Å². The van der Waals surface area contributed by atoms with E-state index in [9.17, 15) is 14.7 Å². The first-order valence-corrected chi connectivity index (χ1v) is 7.53. The summed E-state index contributed by atoms with van der Waals surface area (Å²) in [6.07, 6.45) is 0.677. The minimum atomic E-state index is -1.02. The van der Waals surface area contributed by atoms with Gasteiger partial charge in [0.25, 0.3) is 5.91 Å². The summed E-state index contributed by atoms with van der Waals surface area (Å²) in [7, 11) is 0. The monoisotopic (exact) mass is 352 g/mol. The number of carbonyl (C=O) groups is 2. The molecule has 0 aliphatic carbocycles. The molecule has 2 unspecified atom stereocenters. The summed E-state index contributed by atoms with van der Waals surface area (Å²) in [6.45, 7) is 3.70. The van der Waals surface area contributed by atoms with Gasteiger partial charge in [-0.2, -0.15) is 0 Å². The Morgan fingerprint density at radius 2 is 2.10 bits per heavy atom. The van der Waals surface area contributed by atoms with Crippen LogP contribution in [0.5, 0.6) is 0 Å². The Morgan fingerprint density at radius 1 is 1.38 bits per heavy atom. The minimum Gasteiger partial charge on any atom is -0.480 e. The normalized spacial score (nSPS) is 13.9. The van der Waals surface area contributed by atoms with E-state index < -0.39 is 17.9 Å². The number of amides is 1. The number of hydrogen-bond acceptors (Lipinski definition) is 2. The highest BCUT2D eigenvalue weighted by Gasteiger charge is 2.26. The molecule has 1 aromatic heterocycles. The van der Waals surface area contributed by atoms with Crippen LogP contribution >= 0.6 is 15.9 Å². The zero-order valence-corrected chi connectivity index (χ0v) is 13.4. The van der Waals surface area contributed by atoms with Crippen LogP contribution in [0.2, 0.25) is 0 Å². The third kappa shape index (κ3) is 3.44. The number of fused-ring (bicyclic) bond motifs is 1. The first kappa shape index (κ1) is 15.6. The summed E-state index contributed by atoms with van der Waals surface area (Å²) in [6, 6.07) is 6.46. The first-order valence-electron chi connectivity index (χ1n) is 6.74. The summed E-state index contributed by atoms with van der Waals surface area (Å²) in [4.78, 5) is 26.5. The van der Waals surface area contributed by atoms with E-state index in [0.29, 0.717) is 12.1 Å². The summed E-state index contributed by atoms with van der Waals surface area (Å²) in [5, 5.41) is 12.7. The maximum atomic E-state index is 12.2. The van der Waals surface area contributed by atoms with Crippen molar-refractivity contribution in [3.05, 3.63) is 34.4 Å². The first-order chi connectivity index (χ1) is 9.92. The van der Waals surface area contributed by atoms with Crippen molar-refractivity contribution < 1.29 is 14.7 Å².